The first-order valence-electron chi connectivity index (χ1n) is 8.01. The van der Waals surface area contributed by atoms with Gasteiger partial charge in [0.25, 0.3) is 0 Å². The lowest BCUT2D eigenvalue weighted by Gasteiger charge is -2.11. The van der Waals surface area contributed by atoms with Gasteiger partial charge >= 0.3 is 6.18 Å². The molecule has 0 unspecified atom stereocenters. The summed E-state index contributed by atoms with van der Waals surface area (Å²) in [5.74, 6) is 1.41. The third-order valence-electron chi connectivity index (χ3n) is 3.54. The summed E-state index contributed by atoms with van der Waals surface area (Å²) in [7, 11) is 3.27. The van der Waals surface area contributed by atoms with E-state index in [1.165, 1.54) is 0 Å². The monoisotopic (exact) mass is 514 g/mol. The van der Waals surface area contributed by atoms with Crippen molar-refractivity contribution < 1.29 is 17.9 Å². The van der Waals surface area contributed by atoms with Crippen LogP contribution >= 0.6 is 35.3 Å². The van der Waals surface area contributed by atoms with Gasteiger partial charge in [-0.1, -0.05) is 12.1 Å². The fraction of sp³-hybridized carbons (Fsp3) is 0.412. The second-order valence-electron chi connectivity index (χ2n) is 5.40. The van der Waals surface area contributed by atoms with E-state index < -0.39 is 11.9 Å². The van der Waals surface area contributed by atoms with Crippen LogP contribution in [0, 0.1) is 0 Å². The van der Waals surface area contributed by atoms with E-state index in [9.17, 15) is 13.2 Å². The van der Waals surface area contributed by atoms with E-state index in [4.69, 9.17) is 4.74 Å². The summed E-state index contributed by atoms with van der Waals surface area (Å²) < 4.78 is 42.8. The highest BCUT2D eigenvalue weighted by Crippen LogP contribution is 2.29. The maximum absolute atomic E-state index is 12.5. The Balaban J connectivity index is 0.00000364. The Morgan fingerprint density at radius 3 is 2.52 bits per heavy atom. The van der Waals surface area contributed by atoms with Crippen molar-refractivity contribution in [2.24, 2.45) is 4.99 Å². The largest absolute Gasteiger partial charge is 0.497 e. The Labute approximate surface area is 177 Å². The molecule has 2 N–H and O–H groups in total. The first-order chi connectivity index (χ1) is 12.4. The lowest BCUT2D eigenvalue weighted by molar-refractivity contribution is -0.140. The van der Waals surface area contributed by atoms with E-state index in [1.54, 1.807) is 14.2 Å². The van der Waals surface area contributed by atoms with Gasteiger partial charge in [-0.25, -0.2) is 4.98 Å². The summed E-state index contributed by atoms with van der Waals surface area (Å²) in [4.78, 5) is 7.71. The van der Waals surface area contributed by atoms with E-state index in [0.717, 1.165) is 34.5 Å². The van der Waals surface area contributed by atoms with E-state index in [0.29, 0.717) is 30.5 Å². The molecule has 0 radical (unpaired) electrons. The molecule has 2 aromatic rings. The number of alkyl halides is 3. The molecular formula is C17H22F3IN4OS. The molecule has 0 bridgehead atoms. The number of hydrogen-bond acceptors (Lipinski definition) is 4. The number of aromatic nitrogens is 1. The van der Waals surface area contributed by atoms with Crippen LogP contribution in [-0.2, 0) is 19.0 Å². The number of halogens is 4. The Kier molecular flexibility index (Phi) is 9.84. The molecule has 0 saturated heterocycles. The molecule has 5 nitrogen and oxygen atoms in total. The predicted octanol–water partition coefficient (Wildman–Crippen LogP) is 3.74. The third-order valence-corrected chi connectivity index (χ3v) is 4.45. The average molecular weight is 514 g/mol. The van der Waals surface area contributed by atoms with Gasteiger partial charge in [0.2, 0.25) is 0 Å². The van der Waals surface area contributed by atoms with Crippen LogP contribution in [0.1, 0.15) is 16.3 Å². The SMILES string of the molecule is CN=C(NCCc1cccc(OC)c1)NCCc1nc(C(F)(F)F)cs1.I. The standard InChI is InChI=1S/C17H21F3N4OS.HI/c1-21-16(22-8-6-12-4-3-5-13(10-12)25-2)23-9-7-15-24-14(11-26-15)17(18,19)20;/h3-5,10-11H,6-9H2,1-2H3,(H2,21,22,23);1H. The molecule has 10 heteroatoms. The van der Waals surface area contributed by atoms with E-state index in [2.05, 4.69) is 20.6 Å². The maximum atomic E-state index is 12.5. The molecule has 2 rings (SSSR count). The molecule has 1 aromatic carbocycles. The molecule has 0 aliphatic rings. The van der Waals surface area contributed by atoms with Gasteiger partial charge in [-0.3, -0.25) is 4.99 Å². The molecule has 150 valence electrons. The smallest absolute Gasteiger partial charge is 0.434 e. The van der Waals surface area contributed by atoms with Crippen LogP contribution in [0.25, 0.3) is 0 Å². The number of thiazole rings is 1. The molecule has 27 heavy (non-hydrogen) atoms. The number of guanidine groups is 1. The van der Waals surface area contributed by atoms with Gasteiger partial charge in [0.1, 0.15) is 5.75 Å². The van der Waals surface area contributed by atoms with Crippen LogP contribution in [-0.4, -0.2) is 38.2 Å². The van der Waals surface area contributed by atoms with Crippen LogP contribution < -0.4 is 15.4 Å². The number of nitrogens with one attached hydrogen (secondary N) is 2. The van der Waals surface area contributed by atoms with E-state index in [1.807, 2.05) is 24.3 Å². The molecule has 1 heterocycles. The number of nitrogens with zero attached hydrogens (tertiary/aromatic N) is 2. The quantitative estimate of drug-likeness (QED) is 0.336. The van der Waals surface area contributed by atoms with E-state index >= 15 is 0 Å². The van der Waals surface area contributed by atoms with Crippen LogP contribution in [0.3, 0.4) is 0 Å². The fourth-order valence-electron chi connectivity index (χ4n) is 2.22. The third kappa shape index (κ3) is 7.91. The van der Waals surface area contributed by atoms with Crippen molar-refractivity contribution >= 4 is 41.3 Å². The minimum atomic E-state index is -4.39. The number of hydrogen-bond donors (Lipinski definition) is 2. The van der Waals surface area contributed by atoms with Crippen molar-refractivity contribution in [3.8, 4) is 5.75 Å². The highest BCUT2D eigenvalue weighted by molar-refractivity contribution is 14.0. The number of aliphatic imine (C=N–C) groups is 1. The van der Waals surface area contributed by atoms with Crippen LogP contribution in [0.5, 0.6) is 5.75 Å². The van der Waals surface area contributed by atoms with Gasteiger partial charge in [-0.2, -0.15) is 13.2 Å². The van der Waals surface area contributed by atoms with Crippen molar-refractivity contribution in [1.29, 1.82) is 0 Å². The summed E-state index contributed by atoms with van der Waals surface area (Å²) >= 11 is 1.01. The van der Waals surface area contributed by atoms with Crippen LogP contribution in [0.4, 0.5) is 13.2 Å². The number of benzene rings is 1. The molecule has 1 aromatic heterocycles. The number of rotatable bonds is 7. The maximum Gasteiger partial charge on any atom is 0.434 e. The van der Waals surface area contributed by atoms with Crippen molar-refractivity contribution in [3.05, 3.63) is 45.9 Å². The van der Waals surface area contributed by atoms with Crippen molar-refractivity contribution in [2.45, 2.75) is 19.0 Å². The first-order valence-corrected chi connectivity index (χ1v) is 8.89. The Hall–Kier alpha value is -1.56. The molecule has 0 aliphatic carbocycles. The highest BCUT2D eigenvalue weighted by Gasteiger charge is 2.33. The fourth-order valence-corrected chi connectivity index (χ4v) is 3.02. The topological polar surface area (TPSA) is 58.5 Å². The number of methoxy groups -OCH3 is 1. The minimum Gasteiger partial charge on any atom is -0.497 e. The van der Waals surface area contributed by atoms with E-state index in [-0.39, 0.29) is 24.0 Å². The molecule has 0 amide bonds. The summed E-state index contributed by atoms with van der Waals surface area (Å²) in [5.41, 5.74) is 0.299. The molecule has 0 fully saturated rings. The zero-order valence-corrected chi connectivity index (χ0v) is 18.1. The Morgan fingerprint density at radius 1 is 1.22 bits per heavy atom. The second-order valence-corrected chi connectivity index (χ2v) is 6.34. The first kappa shape index (κ1) is 23.5. The molecular weight excluding hydrogens is 492 g/mol. The van der Waals surface area contributed by atoms with Crippen molar-refractivity contribution in [1.82, 2.24) is 15.6 Å². The van der Waals surface area contributed by atoms with Gasteiger partial charge in [-0.05, 0) is 24.1 Å². The van der Waals surface area contributed by atoms with Crippen LogP contribution in [0.15, 0.2) is 34.6 Å². The molecule has 0 saturated carbocycles. The lowest BCUT2D eigenvalue weighted by Crippen LogP contribution is -2.39. The predicted molar refractivity (Wildman–Crippen MR) is 112 cm³/mol. The zero-order chi connectivity index (χ0) is 19.0. The Morgan fingerprint density at radius 2 is 1.93 bits per heavy atom. The summed E-state index contributed by atoms with van der Waals surface area (Å²) in [6.07, 6.45) is -3.20. The summed E-state index contributed by atoms with van der Waals surface area (Å²) in [5, 5.41) is 7.73. The van der Waals surface area contributed by atoms with Crippen molar-refractivity contribution in [2.75, 3.05) is 27.2 Å². The second kappa shape index (κ2) is 11.3. The zero-order valence-electron chi connectivity index (χ0n) is 15.0. The van der Waals surface area contributed by atoms with Gasteiger partial charge in [-0.15, -0.1) is 35.3 Å². The molecule has 0 atom stereocenters. The van der Waals surface area contributed by atoms with Gasteiger partial charge in [0.05, 0.1) is 12.1 Å². The molecule has 0 aliphatic heterocycles. The molecule has 0 spiro atoms. The normalized spacial score (nSPS) is 11.7. The van der Waals surface area contributed by atoms with Gasteiger partial charge < -0.3 is 15.4 Å². The van der Waals surface area contributed by atoms with Crippen molar-refractivity contribution in [3.63, 3.8) is 0 Å². The average Bonchev–Trinajstić information content (AvgIpc) is 3.10. The lowest BCUT2D eigenvalue weighted by atomic mass is 10.1. The van der Waals surface area contributed by atoms with Gasteiger partial charge in [0.15, 0.2) is 11.7 Å². The minimum absolute atomic E-state index is 0. The highest BCUT2D eigenvalue weighted by atomic mass is 127. The van der Waals surface area contributed by atoms with Crippen LogP contribution in [0.2, 0.25) is 0 Å². The number of ether oxygens (including phenoxy) is 1. The summed E-state index contributed by atoms with van der Waals surface area (Å²) in [6.45, 7) is 1.12. The Bertz CT molecular complexity index is 737. The van der Waals surface area contributed by atoms with Gasteiger partial charge in [0, 0.05) is 31.9 Å². The summed E-state index contributed by atoms with van der Waals surface area (Å²) in [6, 6.07) is 7.81.